The van der Waals surface area contributed by atoms with Crippen LogP contribution in [0.3, 0.4) is 0 Å². The molecule has 20 heavy (non-hydrogen) atoms. The van der Waals surface area contributed by atoms with Crippen molar-refractivity contribution in [2.75, 3.05) is 5.88 Å². The Morgan fingerprint density at radius 2 is 1.85 bits per heavy atom. The fourth-order valence-corrected chi connectivity index (χ4v) is 2.21. The Bertz CT molecular complexity index is 538. The predicted molar refractivity (Wildman–Crippen MR) is 83.3 cm³/mol. The van der Waals surface area contributed by atoms with E-state index < -0.39 is 0 Å². The molecule has 0 N–H and O–H groups in total. The zero-order chi connectivity index (χ0) is 14.6. The zero-order valence-corrected chi connectivity index (χ0v) is 13.2. The minimum Gasteiger partial charge on any atom is -0.248 e. The highest BCUT2D eigenvalue weighted by Gasteiger charge is 2.12. The van der Waals surface area contributed by atoms with Gasteiger partial charge in [-0.25, -0.2) is 4.68 Å². The highest BCUT2D eigenvalue weighted by atomic mass is 35.5. The number of nitrogens with zero attached hydrogens (tertiary/aromatic N) is 3. The van der Waals surface area contributed by atoms with Gasteiger partial charge >= 0.3 is 0 Å². The van der Waals surface area contributed by atoms with Crippen molar-refractivity contribution >= 4 is 11.6 Å². The Morgan fingerprint density at radius 1 is 1.15 bits per heavy atom. The molecule has 0 aliphatic rings. The van der Waals surface area contributed by atoms with Gasteiger partial charge in [0.2, 0.25) is 0 Å². The van der Waals surface area contributed by atoms with E-state index in [1.807, 2.05) is 10.9 Å². The maximum Gasteiger partial charge on any atom is 0.0827 e. The third kappa shape index (κ3) is 4.07. The first-order valence-corrected chi connectivity index (χ1v) is 7.57. The topological polar surface area (TPSA) is 30.7 Å². The van der Waals surface area contributed by atoms with E-state index in [0.717, 1.165) is 25.1 Å². The van der Waals surface area contributed by atoms with Gasteiger partial charge in [0.1, 0.15) is 0 Å². The lowest BCUT2D eigenvalue weighted by Gasteiger charge is -2.19. The summed E-state index contributed by atoms with van der Waals surface area (Å²) in [7, 11) is 0. The van der Waals surface area contributed by atoms with Gasteiger partial charge < -0.3 is 0 Å². The summed E-state index contributed by atoms with van der Waals surface area (Å²) in [5.41, 5.74) is 3.80. The second-order valence-electron chi connectivity index (χ2n) is 6.15. The molecule has 108 valence electrons. The van der Waals surface area contributed by atoms with Gasteiger partial charge in [-0.15, -0.1) is 16.7 Å². The number of alkyl halides is 1. The zero-order valence-electron chi connectivity index (χ0n) is 12.4. The average molecular weight is 292 g/mol. The summed E-state index contributed by atoms with van der Waals surface area (Å²) < 4.78 is 1.88. The number of hydrogen-bond acceptors (Lipinski definition) is 2. The number of rotatable bonds is 5. The Labute approximate surface area is 126 Å². The van der Waals surface area contributed by atoms with Crippen LogP contribution in [0.15, 0.2) is 30.5 Å². The van der Waals surface area contributed by atoms with Crippen molar-refractivity contribution in [2.24, 2.45) is 0 Å². The molecule has 2 aromatic rings. The minimum atomic E-state index is 0.195. The SMILES string of the molecule is CC(C)(C)c1ccc(Cn2cc(CCCCl)nn2)cc1. The van der Waals surface area contributed by atoms with Gasteiger partial charge in [0.05, 0.1) is 12.2 Å². The third-order valence-electron chi connectivity index (χ3n) is 3.32. The van der Waals surface area contributed by atoms with Crippen LogP contribution in [0.2, 0.25) is 0 Å². The third-order valence-corrected chi connectivity index (χ3v) is 3.58. The van der Waals surface area contributed by atoms with Crippen molar-refractivity contribution in [2.45, 2.75) is 45.6 Å². The van der Waals surface area contributed by atoms with E-state index in [0.29, 0.717) is 5.88 Å². The summed E-state index contributed by atoms with van der Waals surface area (Å²) in [4.78, 5) is 0. The first-order chi connectivity index (χ1) is 9.49. The number of aromatic nitrogens is 3. The molecule has 0 bridgehead atoms. The maximum absolute atomic E-state index is 5.68. The summed E-state index contributed by atoms with van der Waals surface area (Å²) >= 11 is 5.68. The average Bonchev–Trinajstić information content (AvgIpc) is 2.83. The first kappa shape index (κ1) is 15.0. The van der Waals surface area contributed by atoms with E-state index in [4.69, 9.17) is 11.6 Å². The molecule has 0 aliphatic heterocycles. The molecular weight excluding hydrogens is 270 g/mol. The van der Waals surface area contributed by atoms with E-state index in [1.54, 1.807) is 0 Å². The molecule has 1 aromatic heterocycles. The standard InChI is InChI=1S/C16H22ClN3/c1-16(2,3)14-8-6-13(7-9-14)11-20-12-15(18-19-20)5-4-10-17/h6-9,12H,4-5,10-11H2,1-3H3. The minimum absolute atomic E-state index is 0.195. The summed E-state index contributed by atoms with van der Waals surface area (Å²) in [6, 6.07) is 8.72. The molecule has 0 aliphatic carbocycles. The van der Waals surface area contributed by atoms with Crippen LogP contribution in [0.1, 0.15) is 44.0 Å². The van der Waals surface area contributed by atoms with Crippen molar-refractivity contribution in [3.05, 3.63) is 47.3 Å². The van der Waals surface area contributed by atoms with E-state index in [2.05, 4.69) is 55.3 Å². The fraction of sp³-hybridized carbons (Fsp3) is 0.500. The highest BCUT2D eigenvalue weighted by Crippen LogP contribution is 2.22. The monoisotopic (exact) mass is 291 g/mol. The van der Waals surface area contributed by atoms with Crippen molar-refractivity contribution in [3.8, 4) is 0 Å². The van der Waals surface area contributed by atoms with Crippen molar-refractivity contribution in [1.29, 1.82) is 0 Å². The quantitative estimate of drug-likeness (QED) is 0.785. The molecule has 0 radical (unpaired) electrons. The van der Waals surface area contributed by atoms with Crippen LogP contribution in [-0.4, -0.2) is 20.9 Å². The van der Waals surface area contributed by atoms with Crippen molar-refractivity contribution in [3.63, 3.8) is 0 Å². The van der Waals surface area contributed by atoms with E-state index >= 15 is 0 Å². The van der Waals surface area contributed by atoms with Gasteiger partial charge in [-0.05, 0) is 29.4 Å². The maximum atomic E-state index is 5.68. The Morgan fingerprint density at radius 3 is 2.45 bits per heavy atom. The number of halogens is 1. The van der Waals surface area contributed by atoms with Crippen LogP contribution >= 0.6 is 11.6 Å². The van der Waals surface area contributed by atoms with Gasteiger partial charge in [0.15, 0.2) is 0 Å². The molecule has 0 atom stereocenters. The second kappa shape index (κ2) is 6.40. The van der Waals surface area contributed by atoms with Crippen LogP contribution in [0.25, 0.3) is 0 Å². The molecule has 0 amide bonds. The molecule has 1 aromatic carbocycles. The van der Waals surface area contributed by atoms with E-state index in [-0.39, 0.29) is 5.41 Å². The van der Waals surface area contributed by atoms with Gasteiger partial charge in [0.25, 0.3) is 0 Å². The second-order valence-corrected chi connectivity index (χ2v) is 6.52. The Balaban J connectivity index is 2.01. The molecule has 0 fully saturated rings. The summed E-state index contributed by atoms with van der Waals surface area (Å²) in [6.07, 6.45) is 3.84. The fourth-order valence-electron chi connectivity index (χ4n) is 2.08. The molecular formula is C16H22ClN3. The lowest BCUT2D eigenvalue weighted by molar-refractivity contribution is 0.589. The van der Waals surface area contributed by atoms with Crippen molar-refractivity contribution in [1.82, 2.24) is 15.0 Å². The summed E-state index contributed by atoms with van der Waals surface area (Å²) in [5.74, 6) is 0.668. The van der Waals surface area contributed by atoms with E-state index in [1.165, 1.54) is 11.1 Å². The molecule has 0 saturated heterocycles. The molecule has 2 rings (SSSR count). The first-order valence-electron chi connectivity index (χ1n) is 7.03. The summed E-state index contributed by atoms with van der Waals surface area (Å²) in [6.45, 7) is 7.44. The molecule has 0 saturated carbocycles. The Hall–Kier alpha value is -1.35. The van der Waals surface area contributed by atoms with Gasteiger partial charge in [-0.3, -0.25) is 0 Å². The van der Waals surface area contributed by atoms with Gasteiger partial charge in [-0.1, -0.05) is 50.3 Å². The number of benzene rings is 1. The molecule has 4 heteroatoms. The number of hydrogen-bond donors (Lipinski definition) is 0. The predicted octanol–water partition coefficient (Wildman–Crippen LogP) is 3.80. The van der Waals surface area contributed by atoms with Gasteiger partial charge in [-0.2, -0.15) is 0 Å². The molecule has 3 nitrogen and oxygen atoms in total. The largest absolute Gasteiger partial charge is 0.248 e. The molecule has 0 spiro atoms. The number of aryl methyl sites for hydroxylation is 1. The highest BCUT2D eigenvalue weighted by molar-refractivity contribution is 6.17. The van der Waals surface area contributed by atoms with Crippen molar-refractivity contribution < 1.29 is 0 Å². The smallest absolute Gasteiger partial charge is 0.0827 e. The van der Waals surface area contributed by atoms with E-state index in [9.17, 15) is 0 Å². The normalized spacial score (nSPS) is 11.8. The van der Waals surface area contributed by atoms with Crippen LogP contribution in [0.5, 0.6) is 0 Å². The Kier molecular flexibility index (Phi) is 4.81. The van der Waals surface area contributed by atoms with Crippen LogP contribution in [0, 0.1) is 0 Å². The van der Waals surface area contributed by atoms with Crippen LogP contribution in [0.4, 0.5) is 0 Å². The van der Waals surface area contributed by atoms with Gasteiger partial charge in [0, 0.05) is 12.1 Å². The van der Waals surface area contributed by atoms with Crippen LogP contribution < -0.4 is 0 Å². The lowest BCUT2D eigenvalue weighted by Crippen LogP contribution is -2.11. The molecule has 0 unspecified atom stereocenters. The lowest BCUT2D eigenvalue weighted by atomic mass is 9.87. The molecule has 1 heterocycles. The van der Waals surface area contributed by atoms with Crippen LogP contribution in [-0.2, 0) is 18.4 Å². The summed E-state index contributed by atoms with van der Waals surface area (Å²) in [5, 5.41) is 8.32.